The molecule has 2 rings (SSSR count). The van der Waals surface area contributed by atoms with Gasteiger partial charge in [-0.25, -0.2) is 0 Å². The van der Waals surface area contributed by atoms with E-state index in [9.17, 15) is 4.79 Å². The van der Waals surface area contributed by atoms with E-state index >= 15 is 0 Å². The van der Waals surface area contributed by atoms with Gasteiger partial charge in [-0.15, -0.1) is 10.2 Å². The molecule has 0 radical (unpaired) electrons. The van der Waals surface area contributed by atoms with Crippen LogP contribution in [0.3, 0.4) is 0 Å². The molecule has 1 aromatic carbocycles. The summed E-state index contributed by atoms with van der Waals surface area (Å²) < 4.78 is 1.79. The Morgan fingerprint density at radius 3 is 2.62 bits per heavy atom. The average molecular weight is 382 g/mol. The minimum atomic E-state index is -0.225. The van der Waals surface area contributed by atoms with Gasteiger partial charge in [-0.2, -0.15) is 0 Å². The van der Waals surface area contributed by atoms with E-state index in [-0.39, 0.29) is 11.2 Å². The fraction of sp³-hybridized carbons (Fsp3) is 0.471. The summed E-state index contributed by atoms with van der Waals surface area (Å²) in [5.41, 5.74) is 3.19. The number of carbonyl (C=O) groups is 1. The van der Waals surface area contributed by atoms with Crippen molar-refractivity contribution in [1.82, 2.24) is 10.2 Å². The van der Waals surface area contributed by atoms with Crippen molar-refractivity contribution in [3.05, 3.63) is 29.3 Å². The first kappa shape index (κ1) is 19.3. The normalized spacial score (nSPS) is 12.4. The van der Waals surface area contributed by atoms with Crippen molar-refractivity contribution in [2.45, 2.75) is 54.5 Å². The number of nitrogens with one attached hydrogen (secondary N) is 1. The number of para-hydroxylation sites is 1. The lowest BCUT2D eigenvalue weighted by Gasteiger charge is -2.18. The smallest absolute Gasteiger partial charge is 0.237 e. The van der Waals surface area contributed by atoms with E-state index in [1.165, 1.54) is 11.8 Å². The van der Waals surface area contributed by atoms with Gasteiger partial charge in [0.1, 0.15) is 0 Å². The molecule has 0 aliphatic carbocycles. The van der Waals surface area contributed by atoms with Crippen LogP contribution in [0.5, 0.6) is 0 Å². The Bertz CT molecular complexity index is 700. The third-order valence-corrected chi connectivity index (χ3v) is 6.60. The van der Waals surface area contributed by atoms with Crippen LogP contribution in [0, 0.1) is 6.92 Å². The Balaban J connectivity index is 2.06. The van der Waals surface area contributed by atoms with E-state index in [4.69, 9.17) is 0 Å². The molecule has 1 aromatic heterocycles. The molecule has 1 atom stereocenters. The van der Waals surface area contributed by atoms with Crippen molar-refractivity contribution >= 4 is 46.5 Å². The van der Waals surface area contributed by atoms with Crippen LogP contribution in [0.2, 0.25) is 0 Å². The highest BCUT2D eigenvalue weighted by molar-refractivity contribution is 8.03. The molecule has 7 heteroatoms. The molecule has 1 N–H and O–H groups in total. The summed E-state index contributed by atoms with van der Waals surface area (Å²) in [6.07, 6.45) is 0. The van der Waals surface area contributed by atoms with Crippen LogP contribution in [-0.2, 0) is 4.79 Å². The van der Waals surface area contributed by atoms with Gasteiger partial charge in [-0.1, -0.05) is 73.8 Å². The van der Waals surface area contributed by atoms with Crippen LogP contribution in [0.15, 0.2) is 26.9 Å². The average Bonchev–Trinajstić information content (AvgIpc) is 2.96. The number of hydrogen-bond donors (Lipinski definition) is 1. The minimum absolute atomic E-state index is 0.00362. The van der Waals surface area contributed by atoms with Crippen molar-refractivity contribution < 1.29 is 4.79 Å². The lowest BCUT2D eigenvalue weighted by atomic mass is 9.98. The van der Waals surface area contributed by atoms with Gasteiger partial charge in [0.15, 0.2) is 8.68 Å². The molecule has 1 amide bonds. The highest BCUT2D eigenvalue weighted by Gasteiger charge is 2.19. The molecule has 2 aromatic rings. The van der Waals surface area contributed by atoms with Gasteiger partial charge in [0, 0.05) is 5.69 Å². The van der Waals surface area contributed by atoms with Crippen molar-refractivity contribution in [2.24, 2.45) is 0 Å². The number of thioether (sulfide) groups is 2. The topological polar surface area (TPSA) is 54.9 Å². The number of anilines is 1. The SMILES string of the molecule is CCSc1nnc(SC(C)C(=O)Nc2c(C)cccc2C(C)C)s1. The third kappa shape index (κ3) is 4.97. The zero-order valence-electron chi connectivity index (χ0n) is 14.6. The molecule has 1 heterocycles. The van der Waals surface area contributed by atoms with Crippen molar-refractivity contribution in [3.8, 4) is 0 Å². The number of rotatable bonds is 7. The predicted octanol–water partition coefficient (Wildman–Crippen LogP) is 5.20. The second-order valence-electron chi connectivity index (χ2n) is 5.71. The first-order valence-corrected chi connectivity index (χ1v) is 10.6. The molecule has 0 spiro atoms. The lowest BCUT2D eigenvalue weighted by molar-refractivity contribution is -0.115. The Kier molecular flexibility index (Phi) is 7.13. The molecule has 0 aliphatic heterocycles. The number of nitrogens with zero attached hydrogens (tertiary/aromatic N) is 2. The van der Waals surface area contributed by atoms with E-state index < -0.39 is 0 Å². The molecule has 0 saturated heterocycles. The van der Waals surface area contributed by atoms with Gasteiger partial charge in [-0.3, -0.25) is 4.79 Å². The first-order chi connectivity index (χ1) is 11.4. The number of amides is 1. The number of hydrogen-bond acceptors (Lipinski definition) is 6. The Morgan fingerprint density at radius 2 is 1.96 bits per heavy atom. The maximum Gasteiger partial charge on any atom is 0.237 e. The number of aromatic nitrogens is 2. The Labute approximate surface area is 156 Å². The highest BCUT2D eigenvalue weighted by Crippen LogP contribution is 2.32. The summed E-state index contributed by atoms with van der Waals surface area (Å²) in [4.78, 5) is 12.6. The third-order valence-electron chi connectivity index (χ3n) is 3.48. The summed E-state index contributed by atoms with van der Waals surface area (Å²) in [5, 5.41) is 11.2. The Morgan fingerprint density at radius 1 is 1.25 bits per heavy atom. The summed E-state index contributed by atoms with van der Waals surface area (Å²) in [6.45, 7) is 10.3. The van der Waals surface area contributed by atoms with Gasteiger partial charge < -0.3 is 5.32 Å². The van der Waals surface area contributed by atoms with E-state index in [1.54, 1.807) is 23.1 Å². The monoisotopic (exact) mass is 381 g/mol. The van der Waals surface area contributed by atoms with Crippen LogP contribution in [0.25, 0.3) is 0 Å². The predicted molar refractivity (Wildman–Crippen MR) is 106 cm³/mol. The molecule has 0 fully saturated rings. The number of benzene rings is 1. The zero-order valence-corrected chi connectivity index (χ0v) is 17.1. The standard InChI is InChI=1S/C17H23N3OS3/c1-6-22-16-19-20-17(24-16)23-12(5)15(21)18-14-11(4)8-7-9-13(14)10(2)3/h7-10,12H,6H2,1-5H3,(H,18,21). The minimum Gasteiger partial charge on any atom is -0.325 e. The van der Waals surface area contributed by atoms with Crippen molar-refractivity contribution in [2.75, 3.05) is 11.1 Å². The van der Waals surface area contributed by atoms with Crippen LogP contribution in [0.1, 0.15) is 44.7 Å². The van der Waals surface area contributed by atoms with E-state index in [0.29, 0.717) is 5.92 Å². The quantitative estimate of drug-likeness (QED) is 0.668. The molecular weight excluding hydrogens is 358 g/mol. The van der Waals surface area contributed by atoms with Gasteiger partial charge in [-0.05, 0) is 36.6 Å². The second-order valence-corrected chi connectivity index (χ2v) is 9.79. The molecule has 24 heavy (non-hydrogen) atoms. The molecule has 1 unspecified atom stereocenters. The molecule has 0 aliphatic rings. The van der Waals surface area contributed by atoms with Gasteiger partial charge >= 0.3 is 0 Å². The van der Waals surface area contributed by atoms with Gasteiger partial charge in [0.05, 0.1) is 5.25 Å². The molecule has 130 valence electrons. The Hall–Kier alpha value is -1.05. The van der Waals surface area contributed by atoms with Crippen LogP contribution < -0.4 is 5.32 Å². The highest BCUT2D eigenvalue weighted by atomic mass is 32.2. The summed E-state index contributed by atoms with van der Waals surface area (Å²) in [5.74, 6) is 1.33. The van der Waals surface area contributed by atoms with Crippen molar-refractivity contribution in [1.29, 1.82) is 0 Å². The fourth-order valence-corrected chi connectivity index (χ4v) is 5.26. The number of aryl methyl sites for hydroxylation is 1. The summed E-state index contributed by atoms with van der Waals surface area (Å²) >= 11 is 4.67. The first-order valence-electron chi connectivity index (χ1n) is 7.95. The lowest BCUT2D eigenvalue weighted by Crippen LogP contribution is -2.23. The zero-order chi connectivity index (χ0) is 17.7. The van der Waals surface area contributed by atoms with Crippen molar-refractivity contribution in [3.63, 3.8) is 0 Å². The summed E-state index contributed by atoms with van der Waals surface area (Å²) in [7, 11) is 0. The van der Waals surface area contributed by atoms with E-state index in [0.717, 1.165) is 31.2 Å². The molecule has 4 nitrogen and oxygen atoms in total. The second kappa shape index (κ2) is 8.87. The van der Waals surface area contributed by atoms with Crippen LogP contribution >= 0.6 is 34.9 Å². The molecular formula is C17H23N3OS3. The van der Waals surface area contributed by atoms with Crippen LogP contribution in [-0.4, -0.2) is 27.1 Å². The van der Waals surface area contributed by atoms with E-state index in [1.807, 2.05) is 26.0 Å². The molecule has 0 saturated carbocycles. The maximum atomic E-state index is 12.6. The summed E-state index contributed by atoms with van der Waals surface area (Å²) in [6, 6.07) is 6.13. The molecule has 0 bridgehead atoms. The fourth-order valence-electron chi connectivity index (χ4n) is 2.20. The van der Waals surface area contributed by atoms with Gasteiger partial charge in [0.25, 0.3) is 0 Å². The van der Waals surface area contributed by atoms with Crippen LogP contribution in [0.4, 0.5) is 5.69 Å². The van der Waals surface area contributed by atoms with Gasteiger partial charge in [0.2, 0.25) is 5.91 Å². The largest absolute Gasteiger partial charge is 0.325 e. The number of carbonyl (C=O) groups excluding carboxylic acids is 1. The van der Waals surface area contributed by atoms with E-state index in [2.05, 4.69) is 42.4 Å². The maximum absolute atomic E-state index is 12.6.